The van der Waals surface area contributed by atoms with Gasteiger partial charge in [0.2, 0.25) is 17.6 Å². The minimum atomic E-state index is -3.16. The van der Waals surface area contributed by atoms with Crippen molar-refractivity contribution in [3.05, 3.63) is 12.7 Å². The van der Waals surface area contributed by atoms with Gasteiger partial charge < -0.3 is 21.3 Å². The Kier molecular flexibility index (Phi) is 9.69. The van der Waals surface area contributed by atoms with Gasteiger partial charge in [0.05, 0.1) is 12.1 Å². The molecule has 1 fully saturated rings. The van der Waals surface area contributed by atoms with E-state index in [1.54, 1.807) is 20.8 Å². The number of hydrogen-bond acceptors (Lipinski definition) is 5. The van der Waals surface area contributed by atoms with Crippen molar-refractivity contribution in [2.75, 3.05) is 13.1 Å². The minimum absolute atomic E-state index is 0.0145. The summed E-state index contributed by atoms with van der Waals surface area (Å²) in [4.78, 5) is 51.5. The molecular formula is C20H33F2N4O4P. The predicted molar refractivity (Wildman–Crippen MR) is 116 cm³/mol. The summed E-state index contributed by atoms with van der Waals surface area (Å²) in [6.45, 7) is 9.17. The van der Waals surface area contributed by atoms with E-state index < -0.39 is 65.6 Å². The first-order valence-electron chi connectivity index (χ1n) is 10.1. The molecule has 0 spiro atoms. The van der Waals surface area contributed by atoms with Crippen LogP contribution in [0.4, 0.5) is 8.78 Å². The number of ketones is 1. The molecule has 8 nitrogen and oxygen atoms in total. The molecule has 1 saturated heterocycles. The van der Waals surface area contributed by atoms with Gasteiger partial charge in [0.1, 0.15) is 6.04 Å². The molecule has 11 heteroatoms. The number of nitrogens with zero attached hydrogens (tertiary/aromatic N) is 1. The molecule has 0 aromatic rings. The number of likely N-dealkylation sites (tertiary alicyclic amines) is 1. The number of nitrogens with one attached hydrogen (secondary N) is 2. The van der Waals surface area contributed by atoms with Crippen LogP contribution in [0.3, 0.4) is 0 Å². The molecule has 31 heavy (non-hydrogen) atoms. The first-order valence-corrected chi connectivity index (χ1v) is 10.7. The van der Waals surface area contributed by atoms with Gasteiger partial charge in [0, 0.05) is 19.5 Å². The Labute approximate surface area is 183 Å². The molecule has 4 N–H and O–H groups in total. The highest BCUT2D eigenvalue weighted by Crippen LogP contribution is 2.29. The van der Waals surface area contributed by atoms with Crippen molar-refractivity contribution in [2.24, 2.45) is 11.1 Å². The van der Waals surface area contributed by atoms with E-state index in [1.807, 2.05) is 0 Å². The molecule has 1 aliphatic heterocycles. The average molecular weight is 462 g/mol. The summed E-state index contributed by atoms with van der Waals surface area (Å²) >= 11 is 0. The lowest BCUT2D eigenvalue weighted by Crippen LogP contribution is -2.57. The highest BCUT2D eigenvalue weighted by Gasteiger charge is 2.41. The molecule has 0 radical (unpaired) electrons. The van der Waals surface area contributed by atoms with Gasteiger partial charge in [-0.25, -0.2) is 8.78 Å². The fraction of sp³-hybridized carbons (Fsp3) is 0.700. The van der Waals surface area contributed by atoms with Crippen LogP contribution in [0.5, 0.6) is 0 Å². The molecule has 3 amide bonds. The van der Waals surface area contributed by atoms with Gasteiger partial charge in [-0.2, -0.15) is 0 Å². The van der Waals surface area contributed by atoms with E-state index in [2.05, 4.69) is 17.2 Å². The van der Waals surface area contributed by atoms with Crippen molar-refractivity contribution in [1.29, 1.82) is 0 Å². The Morgan fingerprint density at radius 3 is 2.42 bits per heavy atom. The molecule has 0 saturated carbocycles. The molecule has 4 atom stereocenters. The Bertz CT molecular complexity index is 706. The largest absolute Gasteiger partial charge is 0.346 e. The maximum atomic E-state index is 13.3. The second-order valence-electron chi connectivity index (χ2n) is 8.76. The molecule has 4 unspecified atom stereocenters. The lowest BCUT2D eigenvalue weighted by molar-refractivity contribution is -0.143. The number of alkyl halides is 2. The van der Waals surface area contributed by atoms with Gasteiger partial charge in [-0.1, -0.05) is 36.1 Å². The first kappa shape index (κ1) is 27.1. The predicted octanol–water partition coefficient (Wildman–Crippen LogP) is 0.955. The molecule has 0 aromatic heterocycles. The van der Waals surface area contributed by atoms with E-state index in [1.165, 1.54) is 20.2 Å². The van der Waals surface area contributed by atoms with Crippen LogP contribution in [-0.2, 0) is 19.2 Å². The molecule has 0 bridgehead atoms. The van der Waals surface area contributed by atoms with Crippen LogP contribution in [-0.4, -0.2) is 65.3 Å². The molecule has 0 aliphatic carbocycles. The van der Waals surface area contributed by atoms with Crippen LogP contribution in [0.25, 0.3) is 0 Å². The molecule has 1 heterocycles. The zero-order valence-electron chi connectivity index (χ0n) is 18.2. The summed E-state index contributed by atoms with van der Waals surface area (Å²) in [6.07, 6.45) is 1.09. The van der Waals surface area contributed by atoms with E-state index in [-0.39, 0.29) is 6.54 Å². The number of nitrogens with two attached hydrogens (primary N) is 1. The maximum absolute atomic E-state index is 13.3. The number of Topliss-reactive ketones (excluding diaryl/α,β-unsaturated/α-hetero) is 1. The van der Waals surface area contributed by atoms with Crippen LogP contribution in [0.1, 0.15) is 46.5 Å². The van der Waals surface area contributed by atoms with Crippen LogP contribution >= 0.6 is 9.24 Å². The van der Waals surface area contributed by atoms with Gasteiger partial charge in [-0.15, -0.1) is 6.58 Å². The van der Waals surface area contributed by atoms with Gasteiger partial charge in [-0.05, 0) is 24.7 Å². The number of rotatable bonds is 10. The van der Waals surface area contributed by atoms with Crippen molar-refractivity contribution >= 4 is 32.7 Å². The van der Waals surface area contributed by atoms with Crippen molar-refractivity contribution in [2.45, 2.75) is 70.2 Å². The quantitative estimate of drug-likeness (QED) is 0.254. The van der Waals surface area contributed by atoms with Gasteiger partial charge >= 0.3 is 0 Å². The van der Waals surface area contributed by atoms with E-state index in [9.17, 15) is 28.0 Å². The Morgan fingerprint density at radius 2 is 1.90 bits per heavy atom. The standard InChI is InChI=1S/C20H33F2N4O4P/c1-5-10-24-17(29)14(27)12(8-9-20(21,22)31)25-16(28)13-7-6-11-26(13)18(30)15(23)19(2,3)4/h5,12-13,15H,1,6-11,23,31H2,2-4H3,(H,24,29)(H,25,28). The lowest BCUT2D eigenvalue weighted by Gasteiger charge is -2.33. The fourth-order valence-corrected chi connectivity index (χ4v) is 3.30. The zero-order valence-corrected chi connectivity index (χ0v) is 19.4. The highest BCUT2D eigenvalue weighted by atomic mass is 31.0. The summed E-state index contributed by atoms with van der Waals surface area (Å²) in [6, 6.07) is -3.17. The van der Waals surface area contributed by atoms with Crippen LogP contribution in [0.2, 0.25) is 0 Å². The van der Waals surface area contributed by atoms with Crippen molar-refractivity contribution < 1.29 is 28.0 Å². The number of carbonyl (C=O) groups is 4. The Balaban J connectivity index is 2.97. The second kappa shape index (κ2) is 11.1. The average Bonchev–Trinajstić information content (AvgIpc) is 3.15. The van der Waals surface area contributed by atoms with Gasteiger partial charge in [-0.3, -0.25) is 19.2 Å². The minimum Gasteiger partial charge on any atom is -0.346 e. The first-order chi connectivity index (χ1) is 14.2. The van der Waals surface area contributed by atoms with Crippen molar-refractivity contribution in [3.63, 3.8) is 0 Å². The molecule has 1 aliphatic rings. The summed E-state index contributed by atoms with van der Waals surface area (Å²) < 4.78 is 26.6. The second-order valence-corrected chi connectivity index (χ2v) is 9.60. The number of carbonyl (C=O) groups excluding carboxylic acids is 4. The Hall–Kier alpha value is -1.93. The highest BCUT2D eigenvalue weighted by molar-refractivity contribution is 7.18. The van der Waals surface area contributed by atoms with E-state index in [4.69, 9.17) is 5.73 Å². The SMILES string of the molecule is C=CCNC(=O)C(=O)C(CCC(F)(F)P)NC(=O)C1CCCN1C(=O)C(N)C(C)(C)C. The third-order valence-corrected chi connectivity index (χ3v) is 5.36. The lowest BCUT2D eigenvalue weighted by atomic mass is 9.86. The summed E-state index contributed by atoms with van der Waals surface area (Å²) in [5.41, 5.74) is 2.37. The van der Waals surface area contributed by atoms with Crippen LogP contribution in [0.15, 0.2) is 12.7 Å². The summed E-state index contributed by atoms with van der Waals surface area (Å²) in [5, 5.41) is 4.68. The Morgan fingerprint density at radius 1 is 1.29 bits per heavy atom. The van der Waals surface area contributed by atoms with E-state index >= 15 is 0 Å². The third-order valence-electron chi connectivity index (χ3n) is 5.07. The van der Waals surface area contributed by atoms with Crippen molar-refractivity contribution in [3.8, 4) is 0 Å². The normalized spacial score (nSPS) is 18.8. The summed E-state index contributed by atoms with van der Waals surface area (Å²) in [5.74, 6) is -3.11. The zero-order chi connectivity index (χ0) is 24.0. The van der Waals surface area contributed by atoms with E-state index in [0.717, 1.165) is 0 Å². The molecule has 0 aromatic carbocycles. The molecule has 1 rings (SSSR count). The van der Waals surface area contributed by atoms with Crippen molar-refractivity contribution in [1.82, 2.24) is 15.5 Å². The fourth-order valence-electron chi connectivity index (χ4n) is 3.14. The van der Waals surface area contributed by atoms with E-state index in [0.29, 0.717) is 19.4 Å². The number of halogens is 2. The number of amides is 3. The van der Waals surface area contributed by atoms with Gasteiger partial charge in [0.25, 0.3) is 11.6 Å². The molecular weight excluding hydrogens is 429 g/mol. The topological polar surface area (TPSA) is 122 Å². The van der Waals surface area contributed by atoms with Crippen LogP contribution in [0, 0.1) is 5.41 Å². The smallest absolute Gasteiger partial charge is 0.289 e. The summed E-state index contributed by atoms with van der Waals surface area (Å²) in [7, 11) is 1.36. The maximum Gasteiger partial charge on any atom is 0.289 e. The molecule has 176 valence electrons. The van der Waals surface area contributed by atoms with Crippen LogP contribution < -0.4 is 16.4 Å². The monoisotopic (exact) mass is 462 g/mol. The van der Waals surface area contributed by atoms with Gasteiger partial charge in [0.15, 0.2) is 0 Å². The third kappa shape index (κ3) is 8.26. The number of hydrogen-bond donors (Lipinski definition) is 3.